The molecule has 3 rings (SSSR count). The molecule has 148 valence electrons. The summed E-state index contributed by atoms with van der Waals surface area (Å²) in [5.74, 6) is -3.48. The van der Waals surface area contributed by atoms with E-state index in [2.05, 4.69) is 5.32 Å². The van der Waals surface area contributed by atoms with Crippen LogP contribution in [-0.4, -0.2) is 48.2 Å². The van der Waals surface area contributed by atoms with Gasteiger partial charge < -0.3 is 20.2 Å². The van der Waals surface area contributed by atoms with Gasteiger partial charge in [0.2, 0.25) is 0 Å². The zero-order valence-corrected chi connectivity index (χ0v) is 15.4. The molecule has 1 aromatic rings. The van der Waals surface area contributed by atoms with Gasteiger partial charge in [-0.05, 0) is 31.6 Å². The zero-order chi connectivity index (χ0) is 19.6. The molecule has 0 aliphatic carbocycles. The molecule has 2 fully saturated rings. The molecule has 2 amide bonds. The summed E-state index contributed by atoms with van der Waals surface area (Å²) in [7, 11) is 0. The van der Waals surface area contributed by atoms with Crippen molar-refractivity contribution in [3.05, 3.63) is 23.8 Å². The topological polar surface area (TPSA) is 72.9 Å². The van der Waals surface area contributed by atoms with Crippen molar-refractivity contribution in [2.75, 3.05) is 36.4 Å². The van der Waals surface area contributed by atoms with Crippen molar-refractivity contribution in [1.29, 1.82) is 0 Å². The third-order valence-corrected chi connectivity index (χ3v) is 5.27. The van der Waals surface area contributed by atoms with Crippen LogP contribution in [0.15, 0.2) is 12.1 Å². The van der Waals surface area contributed by atoms with Gasteiger partial charge >= 0.3 is 12.0 Å². The molecule has 1 aromatic carbocycles. The minimum Gasteiger partial charge on any atom is -0.481 e. The molecule has 0 saturated carbocycles. The largest absolute Gasteiger partial charge is 0.481 e. The number of aliphatic carboxylic acids is 1. The smallest absolute Gasteiger partial charge is 0.321 e. The highest BCUT2D eigenvalue weighted by atomic mass is 19.2. The number of urea groups is 1. The molecule has 0 bridgehead atoms. The fraction of sp³-hybridized carbons (Fsp3) is 0.579. The highest BCUT2D eigenvalue weighted by Crippen LogP contribution is 2.32. The standard InChI is InChI=1S/C19H25F2N3O3/c1-12-7-13(18(25)26)11-24(10-12)19(27)22-16-8-14(20)15(21)9-17(16)23-5-3-2-4-6-23/h8-9,12-13H,2-7,10-11H2,1H3,(H,22,27)(H,25,26). The van der Waals surface area contributed by atoms with Gasteiger partial charge in [0.1, 0.15) is 0 Å². The van der Waals surface area contributed by atoms with Crippen LogP contribution < -0.4 is 10.2 Å². The number of carbonyl (C=O) groups is 2. The Balaban J connectivity index is 1.80. The number of carbonyl (C=O) groups excluding carboxylic acids is 1. The minimum atomic E-state index is -1.03. The van der Waals surface area contributed by atoms with Crippen LogP contribution in [-0.2, 0) is 4.79 Å². The van der Waals surface area contributed by atoms with Crippen molar-refractivity contribution < 1.29 is 23.5 Å². The van der Waals surface area contributed by atoms with Gasteiger partial charge in [-0.25, -0.2) is 13.6 Å². The number of nitrogens with one attached hydrogen (secondary N) is 1. The summed E-state index contributed by atoms with van der Waals surface area (Å²) in [6.07, 6.45) is 3.51. The molecule has 6 nitrogen and oxygen atoms in total. The van der Waals surface area contributed by atoms with E-state index in [0.717, 1.165) is 44.5 Å². The monoisotopic (exact) mass is 381 g/mol. The summed E-state index contributed by atoms with van der Waals surface area (Å²) in [4.78, 5) is 27.4. The molecule has 0 aromatic heterocycles. The number of carboxylic acids is 1. The fourth-order valence-electron chi connectivity index (χ4n) is 3.92. The van der Waals surface area contributed by atoms with Crippen LogP contribution in [0.3, 0.4) is 0 Å². The highest BCUT2D eigenvalue weighted by molar-refractivity contribution is 5.93. The van der Waals surface area contributed by atoms with Crippen LogP contribution in [0.25, 0.3) is 0 Å². The fourth-order valence-corrected chi connectivity index (χ4v) is 3.92. The predicted octanol–water partition coefficient (Wildman–Crippen LogP) is 3.53. The van der Waals surface area contributed by atoms with Gasteiger partial charge in [-0.2, -0.15) is 0 Å². The highest BCUT2D eigenvalue weighted by Gasteiger charge is 2.32. The number of rotatable bonds is 3. The van der Waals surface area contributed by atoms with Gasteiger partial charge in [-0.1, -0.05) is 6.92 Å². The van der Waals surface area contributed by atoms with E-state index in [4.69, 9.17) is 0 Å². The lowest BCUT2D eigenvalue weighted by molar-refractivity contribution is -0.143. The molecule has 2 aliphatic heterocycles. The molecule has 27 heavy (non-hydrogen) atoms. The van der Waals surface area contributed by atoms with Crippen LogP contribution in [0.5, 0.6) is 0 Å². The molecule has 2 unspecified atom stereocenters. The number of nitrogens with zero attached hydrogens (tertiary/aromatic N) is 2. The average Bonchev–Trinajstić information content (AvgIpc) is 2.64. The average molecular weight is 381 g/mol. The number of anilines is 2. The summed E-state index contributed by atoms with van der Waals surface area (Å²) in [6.45, 7) is 3.87. The molecule has 0 spiro atoms. The number of hydrogen-bond donors (Lipinski definition) is 2. The molecule has 2 heterocycles. The second-order valence-electron chi connectivity index (χ2n) is 7.54. The number of likely N-dealkylation sites (tertiary alicyclic amines) is 1. The maximum absolute atomic E-state index is 13.8. The quantitative estimate of drug-likeness (QED) is 0.840. The van der Waals surface area contributed by atoms with Gasteiger partial charge in [0.05, 0.1) is 17.3 Å². The molecule has 2 atom stereocenters. The van der Waals surface area contributed by atoms with E-state index in [0.29, 0.717) is 18.7 Å². The first kappa shape index (κ1) is 19.4. The summed E-state index contributed by atoms with van der Waals surface area (Å²) >= 11 is 0. The van der Waals surface area contributed by atoms with Crippen molar-refractivity contribution in [1.82, 2.24) is 4.90 Å². The van der Waals surface area contributed by atoms with Crippen molar-refractivity contribution in [3.63, 3.8) is 0 Å². The summed E-state index contributed by atoms with van der Waals surface area (Å²) in [5, 5.41) is 11.9. The van der Waals surface area contributed by atoms with E-state index in [1.807, 2.05) is 11.8 Å². The van der Waals surface area contributed by atoms with E-state index in [9.17, 15) is 23.5 Å². The summed E-state index contributed by atoms with van der Waals surface area (Å²) < 4.78 is 27.6. The lowest BCUT2D eigenvalue weighted by atomic mass is 9.91. The first-order valence-electron chi connectivity index (χ1n) is 9.38. The van der Waals surface area contributed by atoms with E-state index >= 15 is 0 Å². The number of benzene rings is 1. The summed E-state index contributed by atoms with van der Waals surface area (Å²) in [6, 6.07) is 1.63. The molecule has 2 N–H and O–H groups in total. The Morgan fingerprint density at radius 2 is 1.78 bits per heavy atom. The van der Waals surface area contributed by atoms with E-state index < -0.39 is 29.6 Å². The van der Waals surface area contributed by atoms with Crippen LogP contribution in [0.2, 0.25) is 0 Å². The van der Waals surface area contributed by atoms with Crippen molar-refractivity contribution in [2.45, 2.75) is 32.6 Å². The third kappa shape index (κ3) is 4.48. The Morgan fingerprint density at radius 1 is 1.11 bits per heavy atom. The maximum Gasteiger partial charge on any atom is 0.321 e. The number of halogens is 2. The van der Waals surface area contributed by atoms with E-state index in [1.165, 1.54) is 4.90 Å². The van der Waals surface area contributed by atoms with Crippen LogP contribution in [0, 0.1) is 23.5 Å². The second-order valence-corrected chi connectivity index (χ2v) is 7.54. The number of piperidine rings is 2. The Bertz CT molecular complexity index is 722. The second kappa shape index (κ2) is 8.10. The molecule has 0 radical (unpaired) electrons. The number of hydrogen-bond acceptors (Lipinski definition) is 3. The Kier molecular flexibility index (Phi) is 5.82. The lowest BCUT2D eigenvalue weighted by Gasteiger charge is -2.35. The molecular weight excluding hydrogens is 356 g/mol. The SMILES string of the molecule is CC1CC(C(=O)O)CN(C(=O)Nc2cc(F)c(F)cc2N2CCCCC2)C1. The Hall–Kier alpha value is -2.38. The van der Waals surface area contributed by atoms with E-state index in [-0.39, 0.29) is 18.2 Å². The van der Waals surface area contributed by atoms with Crippen molar-refractivity contribution in [3.8, 4) is 0 Å². The van der Waals surface area contributed by atoms with E-state index in [1.54, 1.807) is 0 Å². The molecule has 2 aliphatic rings. The molecule has 8 heteroatoms. The van der Waals surface area contributed by atoms with Gasteiger partial charge in [-0.15, -0.1) is 0 Å². The Labute approximate surface area is 157 Å². The van der Waals surface area contributed by atoms with Crippen LogP contribution in [0.1, 0.15) is 32.6 Å². The summed E-state index contributed by atoms with van der Waals surface area (Å²) in [5.41, 5.74) is 0.674. The van der Waals surface area contributed by atoms with Crippen LogP contribution in [0.4, 0.5) is 25.0 Å². The van der Waals surface area contributed by atoms with Crippen molar-refractivity contribution in [2.24, 2.45) is 11.8 Å². The molecule has 2 saturated heterocycles. The first-order chi connectivity index (χ1) is 12.8. The van der Waals surface area contributed by atoms with Gasteiger partial charge in [0, 0.05) is 38.3 Å². The minimum absolute atomic E-state index is 0.0529. The third-order valence-electron chi connectivity index (χ3n) is 5.27. The van der Waals surface area contributed by atoms with Crippen molar-refractivity contribution >= 4 is 23.4 Å². The lowest BCUT2D eigenvalue weighted by Crippen LogP contribution is -2.47. The number of amides is 2. The predicted molar refractivity (Wildman–Crippen MR) is 97.9 cm³/mol. The van der Waals surface area contributed by atoms with Gasteiger partial charge in [0.15, 0.2) is 11.6 Å². The van der Waals surface area contributed by atoms with Gasteiger partial charge in [-0.3, -0.25) is 4.79 Å². The zero-order valence-electron chi connectivity index (χ0n) is 15.4. The first-order valence-corrected chi connectivity index (χ1v) is 9.38. The molecular formula is C19H25F2N3O3. The normalized spacial score (nSPS) is 23.2. The number of carboxylic acid groups (broad SMARTS) is 1. The Morgan fingerprint density at radius 3 is 2.44 bits per heavy atom. The van der Waals surface area contributed by atoms with Gasteiger partial charge in [0.25, 0.3) is 0 Å². The maximum atomic E-state index is 13.8. The van der Waals surface area contributed by atoms with Crippen LogP contribution >= 0.6 is 0 Å².